The number of nitrogens with one attached hydrogen (secondary N) is 1. The minimum atomic E-state index is -3.93. The number of fused-ring (bicyclic) bond motifs is 1. The average Bonchev–Trinajstić information content (AvgIpc) is 3.43. The lowest BCUT2D eigenvalue weighted by molar-refractivity contribution is -0.140. The van der Waals surface area contributed by atoms with Gasteiger partial charge in [0, 0.05) is 41.2 Å². The molecule has 1 N–H and O–H groups in total. The van der Waals surface area contributed by atoms with E-state index in [1.165, 1.54) is 17.9 Å². The second kappa shape index (κ2) is 13.5. The summed E-state index contributed by atoms with van der Waals surface area (Å²) in [5, 5.41) is 3.45. The number of carbonyl (C=O) groups excluding carboxylic acids is 2. The van der Waals surface area contributed by atoms with Crippen molar-refractivity contribution in [2.75, 3.05) is 29.9 Å². The maximum Gasteiger partial charge on any atom is 0.244 e. The highest BCUT2D eigenvalue weighted by atomic mass is 35.5. The summed E-state index contributed by atoms with van der Waals surface area (Å²) in [5.74, 6) is -0.406. The Morgan fingerprint density at radius 2 is 1.63 bits per heavy atom. The summed E-state index contributed by atoms with van der Waals surface area (Å²) in [6, 6.07) is 17.9. The van der Waals surface area contributed by atoms with Crippen molar-refractivity contribution < 1.29 is 27.5 Å². The molecule has 1 aliphatic rings. The summed E-state index contributed by atoms with van der Waals surface area (Å²) in [5.41, 5.74) is 1.50. The summed E-state index contributed by atoms with van der Waals surface area (Å²) in [4.78, 5) is 29.0. The Balaban J connectivity index is 1.77. The predicted molar refractivity (Wildman–Crippen MR) is 159 cm³/mol. The summed E-state index contributed by atoms with van der Waals surface area (Å²) >= 11 is 13.0. The molecule has 41 heavy (non-hydrogen) atoms. The molecule has 0 aliphatic carbocycles. The zero-order valence-electron chi connectivity index (χ0n) is 22.7. The molecule has 1 heterocycles. The van der Waals surface area contributed by atoms with Crippen LogP contribution in [0.15, 0.2) is 66.7 Å². The standard InChI is InChI=1S/C29H31Cl2N3O6S/c1-3-32-29(36)25(15-20-9-6-5-7-10-20)33(17-22-23(30)11-8-12-24(22)31)28(35)18-34(41(37,38)4-2)21-13-14-26-27(16-21)40-19-39-26/h5-14,16,25H,3-4,15,17-19H2,1-2H3,(H,32,36)/t25-/m1/s1. The zero-order chi connectivity index (χ0) is 29.6. The van der Waals surface area contributed by atoms with Crippen LogP contribution in [0.2, 0.25) is 10.0 Å². The molecule has 3 aromatic carbocycles. The maximum absolute atomic E-state index is 14.2. The first-order chi connectivity index (χ1) is 19.6. The molecule has 0 fully saturated rings. The van der Waals surface area contributed by atoms with Crippen LogP contribution in [0.1, 0.15) is 25.0 Å². The Kier molecular flexibility index (Phi) is 10.0. The molecule has 0 aromatic heterocycles. The molecule has 12 heteroatoms. The van der Waals surface area contributed by atoms with Crippen LogP contribution < -0.4 is 19.1 Å². The third-order valence-electron chi connectivity index (χ3n) is 6.64. The van der Waals surface area contributed by atoms with Gasteiger partial charge in [0.1, 0.15) is 12.6 Å². The largest absolute Gasteiger partial charge is 0.454 e. The Labute approximate surface area is 250 Å². The molecule has 4 rings (SSSR count). The van der Waals surface area contributed by atoms with Crippen LogP contribution in [0, 0.1) is 0 Å². The lowest BCUT2D eigenvalue weighted by Crippen LogP contribution is -2.53. The van der Waals surface area contributed by atoms with Crippen LogP contribution in [0.4, 0.5) is 5.69 Å². The number of carbonyl (C=O) groups is 2. The van der Waals surface area contributed by atoms with Crippen LogP contribution in [0.5, 0.6) is 11.5 Å². The molecule has 0 saturated carbocycles. The number of sulfonamides is 1. The van der Waals surface area contributed by atoms with E-state index in [0.29, 0.717) is 33.7 Å². The minimum absolute atomic E-state index is 0.0122. The lowest BCUT2D eigenvalue weighted by atomic mass is 10.0. The van der Waals surface area contributed by atoms with Gasteiger partial charge in [0.2, 0.25) is 28.6 Å². The highest BCUT2D eigenvalue weighted by molar-refractivity contribution is 7.92. The van der Waals surface area contributed by atoms with Gasteiger partial charge in [-0.05, 0) is 43.7 Å². The van der Waals surface area contributed by atoms with Crippen LogP contribution in [-0.4, -0.2) is 56.8 Å². The maximum atomic E-state index is 14.2. The van der Waals surface area contributed by atoms with E-state index in [1.54, 1.807) is 37.3 Å². The summed E-state index contributed by atoms with van der Waals surface area (Å²) in [6.45, 7) is 2.94. The van der Waals surface area contributed by atoms with Crippen molar-refractivity contribution in [3.63, 3.8) is 0 Å². The van der Waals surface area contributed by atoms with Crippen molar-refractivity contribution in [3.05, 3.63) is 87.9 Å². The van der Waals surface area contributed by atoms with Crippen LogP contribution >= 0.6 is 23.2 Å². The first kappa shape index (κ1) is 30.5. The Hall–Kier alpha value is -3.47. The third-order valence-corrected chi connectivity index (χ3v) is 9.09. The Morgan fingerprint density at radius 3 is 2.29 bits per heavy atom. The Bertz CT molecular complexity index is 1480. The molecule has 218 valence electrons. The molecule has 9 nitrogen and oxygen atoms in total. The number of amides is 2. The van der Waals surface area contributed by atoms with Crippen LogP contribution in [0.25, 0.3) is 0 Å². The van der Waals surface area contributed by atoms with Crippen LogP contribution in [-0.2, 0) is 32.6 Å². The van der Waals surface area contributed by atoms with Gasteiger partial charge in [-0.3, -0.25) is 13.9 Å². The Morgan fingerprint density at radius 1 is 0.951 bits per heavy atom. The number of anilines is 1. The van der Waals surface area contributed by atoms with E-state index in [0.717, 1.165) is 9.87 Å². The summed E-state index contributed by atoms with van der Waals surface area (Å²) < 4.78 is 38.4. The van der Waals surface area contributed by atoms with E-state index in [-0.39, 0.29) is 37.1 Å². The van der Waals surface area contributed by atoms with Gasteiger partial charge in [-0.25, -0.2) is 8.42 Å². The van der Waals surface area contributed by atoms with Gasteiger partial charge in [-0.15, -0.1) is 0 Å². The molecule has 0 saturated heterocycles. The van der Waals surface area contributed by atoms with Crippen molar-refractivity contribution in [2.24, 2.45) is 0 Å². The van der Waals surface area contributed by atoms with E-state index in [1.807, 2.05) is 30.3 Å². The number of halogens is 2. The molecule has 1 atom stereocenters. The molecule has 2 amide bonds. The first-order valence-corrected chi connectivity index (χ1v) is 15.4. The number of rotatable bonds is 12. The van der Waals surface area contributed by atoms with Gasteiger partial charge < -0.3 is 19.7 Å². The fourth-order valence-electron chi connectivity index (χ4n) is 4.46. The molecule has 3 aromatic rings. The number of nitrogens with zero attached hydrogens (tertiary/aromatic N) is 2. The smallest absolute Gasteiger partial charge is 0.244 e. The van der Waals surface area contributed by atoms with Gasteiger partial charge in [0.05, 0.1) is 11.4 Å². The number of likely N-dealkylation sites (N-methyl/N-ethyl adjacent to an activating group) is 1. The topological polar surface area (TPSA) is 105 Å². The molecule has 1 aliphatic heterocycles. The highest BCUT2D eigenvalue weighted by Gasteiger charge is 2.34. The van der Waals surface area contributed by atoms with Crippen molar-refractivity contribution in [3.8, 4) is 11.5 Å². The monoisotopic (exact) mass is 619 g/mol. The van der Waals surface area contributed by atoms with E-state index < -0.39 is 28.5 Å². The van der Waals surface area contributed by atoms with Gasteiger partial charge in [0.25, 0.3) is 0 Å². The second-order valence-electron chi connectivity index (χ2n) is 9.27. The fourth-order valence-corrected chi connectivity index (χ4v) is 6.03. The zero-order valence-corrected chi connectivity index (χ0v) is 25.0. The SMILES string of the molecule is CCNC(=O)[C@@H](Cc1ccccc1)N(Cc1c(Cl)cccc1Cl)C(=O)CN(c1ccc2c(c1)OCO2)S(=O)(=O)CC. The van der Waals surface area contributed by atoms with Crippen molar-refractivity contribution in [2.45, 2.75) is 32.9 Å². The normalized spacial score (nSPS) is 13.0. The van der Waals surface area contributed by atoms with E-state index in [9.17, 15) is 18.0 Å². The van der Waals surface area contributed by atoms with Gasteiger partial charge in [-0.2, -0.15) is 0 Å². The van der Waals surface area contributed by atoms with Gasteiger partial charge >= 0.3 is 0 Å². The fraction of sp³-hybridized carbons (Fsp3) is 0.310. The number of hydrogen-bond donors (Lipinski definition) is 1. The number of benzene rings is 3. The first-order valence-electron chi connectivity index (χ1n) is 13.1. The summed E-state index contributed by atoms with van der Waals surface area (Å²) in [6.07, 6.45) is 0.186. The van der Waals surface area contributed by atoms with Crippen molar-refractivity contribution in [1.29, 1.82) is 0 Å². The van der Waals surface area contributed by atoms with E-state index in [4.69, 9.17) is 32.7 Å². The van der Waals surface area contributed by atoms with Crippen molar-refractivity contribution >= 4 is 50.7 Å². The summed E-state index contributed by atoms with van der Waals surface area (Å²) in [7, 11) is -3.93. The third kappa shape index (κ3) is 7.25. The molecule has 0 unspecified atom stereocenters. The predicted octanol–water partition coefficient (Wildman–Crippen LogP) is 4.65. The molecule has 0 bridgehead atoms. The number of ether oxygens (including phenoxy) is 2. The molecule has 0 spiro atoms. The quantitative estimate of drug-likeness (QED) is 0.316. The van der Waals surface area contributed by atoms with Crippen LogP contribution in [0.3, 0.4) is 0 Å². The van der Waals surface area contributed by atoms with Gasteiger partial charge in [-0.1, -0.05) is 59.6 Å². The number of hydrogen-bond acceptors (Lipinski definition) is 6. The average molecular weight is 621 g/mol. The van der Waals surface area contributed by atoms with E-state index in [2.05, 4.69) is 5.32 Å². The second-order valence-corrected chi connectivity index (χ2v) is 12.3. The molecular weight excluding hydrogens is 589 g/mol. The molecular formula is C29H31Cl2N3O6S. The van der Waals surface area contributed by atoms with Crippen molar-refractivity contribution in [1.82, 2.24) is 10.2 Å². The highest BCUT2D eigenvalue weighted by Crippen LogP contribution is 2.36. The molecule has 0 radical (unpaired) electrons. The lowest BCUT2D eigenvalue weighted by Gasteiger charge is -2.34. The van der Waals surface area contributed by atoms with Gasteiger partial charge in [0.15, 0.2) is 11.5 Å². The minimum Gasteiger partial charge on any atom is -0.454 e. The van der Waals surface area contributed by atoms with E-state index >= 15 is 0 Å².